The summed E-state index contributed by atoms with van der Waals surface area (Å²) in [5.74, 6) is -1.66. The maximum atomic E-state index is 12.2. The largest absolute Gasteiger partial charge is 0.350 e. The van der Waals surface area contributed by atoms with Gasteiger partial charge in [0.25, 0.3) is 11.8 Å². The molecule has 0 aromatic heterocycles. The third-order valence-electron chi connectivity index (χ3n) is 4.70. The van der Waals surface area contributed by atoms with E-state index in [0.29, 0.717) is 10.6 Å². The van der Waals surface area contributed by atoms with Crippen molar-refractivity contribution in [2.75, 3.05) is 13.1 Å². The Balaban J connectivity index is 1.74. The molecular formula is C23H26Cl2N4O4. The van der Waals surface area contributed by atoms with Crippen LogP contribution < -0.4 is 21.3 Å². The summed E-state index contributed by atoms with van der Waals surface area (Å²) in [5.41, 5.74) is 1.44. The first-order chi connectivity index (χ1) is 15.7. The molecule has 0 aliphatic heterocycles. The molecule has 0 spiro atoms. The average molecular weight is 493 g/mol. The molecule has 2 aromatic carbocycles. The fourth-order valence-corrected chi connectivity index (χ4v) is 3.16. The van der Waals surface area contributed by atoms with Gasteiger partial charge in [0.05, 0.1) is 23.7 Å². The van der Waals surface area contributed by atoms with Crippen molar-refractivity contribution in [1.82, 2.24) is 21.3 Å². The zero-order chi connectivity index (χ0) is 24.4. The van der Waals surface area contributed by atoms with E-state index >= 15 is 0 Å². The number of rotatable bonds is 10. The molecule has 176 valence electrons. The van der Waals surface area contributed by atoms with Gasteiger partial charge < -0.3 is 21.3 Å². The minimum atomic E-state index is -0.535. The SMILES string of the molecule is CCC(C)NC(=O)c1cccc(CNC(=O)CNC(=O)CNC(=O)c2ccc(Cl)cc2Cl)c1. The second-order valence-corrected chi connectivity index (χ2v) is 8.19. The van der Waals surface area contributed by atoms with E-state index in [1.807, 2.05) is 13.8 Å². The van der Waals surface area contributed by atoms with Crippen molar-refractivity contribution >= 4 is 46.8 Å². The van der Waals surface area contributed by atoms with Gasteiger partial charge in [-0.25, -0.2) is 0 Å². The van der Waals surface area contributed by atoms with Crippen molar-refractivity contribution in [3.63, 3.8) is 0 Å². The summed E-state index contributed by atoms with van der Waals surface area (Å²) in [4.78, 5) is 48.3. The quantitative estimate of drug-likeness (QED) is 0.407. The number of halogens is 2. The van der Waals surface area contributed by atoms with Gasteiger partial charge >= 0.3 is 0 Å². The van der Waals surface area contributed by atoms with Gasteiger partial charge in [0.15, 0.2) is 0 Å². The van der Waals surface area contributed by atoms with Crippen molar-refractivity contribution in [3.8, 4) is 0 Å². The van der Waals surface area contributed by atoms with Crippen LogP contribution in [0, 0.1) is 0 Å². The summed E-state index contributed by atoms with van der Waals surface area (Å²) in [6, 6.07) is 11.4. The van der Waals surface area contributed by atoms with Gasteiger partial charge in [0, 0.05) is 23.2 Å². The van der Waals surface area contributed by atoms with Crippen LogP contribution in [0.5, 0.6) is 0 Å². The Kier molecular flexibility index (Phi) is 10.2. The van der Waals surface area contributed by atoms with Crippen molar-refractivity contribution < 1.29 is 19.2 Å². The first-order valence-corrected chi connectivity index (χ1v) is 11.1. The number of carbonyl (C=O) groups is 4. The van der Waals surface area contributed by atoms with Crippen LogP contribution in [0.3, 0.4) is 0 Å². The Morgan fingerprint density at radius 3 is 2.27 bits per heavy atom. The van der Waals surface area contributed by atoms with E-state index in [1.165, 1.54) is 18.2 Å². The van der Waals surface area contributed by atoms with E-state index in [4.69, 9.17) is 23.2 Å². The minimum Gasteiger partial charge on any atom is -0.350 e. The molecule has 4 N–H and O–H groups in total. The lowest BCUT2D eigenvalue weighted by Gasteiger charge is -2.12. The maximum absolute atomic E-state index is 12.2. The summed E-state index contributed by atoms with van der Waals surface area (Å²) < 4.78 is 0. The molecule has 0 aliphatic carbocycles. The van der Waals surface area contributed by atoms with Crippen molar-refractivity contribution in [2.24, 2.45) is 0 Å². The molecule has 0 radical (unpaired) electrons. The first-order valence-electron chi connectivity index (χ1n) is 10.4. The summed E-state index contributed by atoms with van der Waals surface area (Å²) in [7, 11) is 0. The molecule has 10 heteroatoms. The fraction of sp³-hybridized carbons (Fsp3) is 0.304. The predicted octanol–water partition coefficient (Wildman–Crippen LogP) is 2.68. The van der Waals surface area contributed by atoms with Gasteiger partial charge in [-0.05, 0) is 49.2 Å². The summed E-state index contributed by atoms with van der Waals surface area (Å²) in [5, 5.41) is 11.0. The summed E-state index contributed by atoms with van der Waals surface area (Å²) in [6.07, 6.45) is 0.825. The molecule has 2 aromatic rings. The molecule has 33 heavy (non-hydrogen) atoms. The second kappa shape index (κ2) is 12.8. The van der Waals surface area contributed by atoms with Gasteiger partial charge in [-0.3, -0.25) is 19.2 Å². The minimum absolute atomic E-state index is 0.0671. The van der Waals surface area contributed by atoms with Crippen LogP contribution in [0.15, 0.2) is 42.5 Å². The molecule has 0 saturated carbocycles. The Morgan fingerprint density at radius 1 is 0.879 bits per heavy atom. The highest BCUT2D eigenvalue weighted by Crippen LogP contribution is 2.20. The predicted molar refractivity (Wildman–Crippen MR) is 127 cm³/mol. The highest BCUT2D eigenvalue weighted by atomic mass is 35.5. The highest BCUT2D eigenvalue weighted by molar-refractivity contribution is 6.36. The Bertz CT molecular complexity index is 1030. The molecule has 1 atom stereocenters. The molecule has 8 nitrogen and oxygen atoms in total. The highest BCUT2D eigenvalue weighted by Gasteiger charge is 2.13. The van der Waals surface area contributed by atoms with E-state index in [2.05, 4.69) is 21.3 Å². The maximum Gasteiger partial charge on any atom is 0.253 e. The van der Waals surface area contributed by atoms with Crippen LogP contribution >= 0.6 is 23.2 Å². The number of carbonyl (C=O) groups excluding carboxylic acids is 4. The normalized spacial score (nSPS) is 11.3. The standard InChI is InChI=1S/C23H26Cl2N4O4/c1-3-14(2)29-22(32)16-6-4-5-15(9-16)11-26-20(30)12-27-21(31)13-28-23(33)18-8-7-17(24)10-19(18)25/h4-10,14H,3,11-13H2,1-2H3,(H,26,30)(H,27,31)(H,28,33)(H,29,32). The third kappa shape index (κ3) is 8.75. The van der Waals surface area contributed by atoms with Crippen LogP contribution in [0.4, 0.5) is 0 Å². The Hall–Kier alpha value is -3.10. The lowest BCUT2D eigenvalue weighted by molar-refractivity contribution is -0.125. The third-order valence-corrected chi connectivity index (χ3v) is 5.25. The molecule has 1 unspecified atom stereocenters. The van der Waals surface area contributed by atoms with Gasteiger partial charge in [0.1, 0.15) is 0 Å². The van der Waals surface area contributed by atoms with E-state index < -0.39 is 17.7 Å². The molecule has 0 heterocycles. The number of nitrogens with one attached hydrogen (secondary N) is 4. The van der Waals surface area contributed by atoms with Crippen molar-refractivity contribution in [2.45, 2.75) is 32.9 Å². The topological polar surface area (TPSA) is 116 Å². The van der Waals surface area contributed by atoms with Gasteiger partial charge in [0.2, 0.25) is 11.8 Å². The van der Waals surface area contributed by atoms with Crippen molar-refractivity contribution in [3.05, 3.63) is 69.2 Å². The fourth-order valence-electron chi connectivity index (χ4n) is 2.67. The second-order valence-electron chi connectivity index (χ2n) is 7.34. The van der Waals surface area contributed by atoms with Crippen LogP contribution in [-0.2, 0) is 16.1 Å². The molecule has 0 fully saturated rings. The van der Waals surface area contributed by atoms with Crippen LogP contribution in [-0.4, -0.2) is 42.8 Å². The molecule has 0 saturated heterocycles. The molecule has 2 rings (SSSR count). The van der Waals surface area contributed by atoms with E-state index in [0.717, 1.165) is 12.0 Å². The monoisotopic (exact) mass is 492 g/mol. The van der Waals surface area contributed by atoms with E-state index in [9.17, 15) is 19.2 Å². The van der Waals surface area contributed by atoms with Crippen LogP contribution in [0.2, 0.25) is 10.0 Å². The van der Waals surface area contributed by atoms with Gasteiger partial charge in [-0.2, -0.15) is 0 Å². The van der Waals surface area contributed by atoms with Crippen LogP contribution in [0.25, 0.3) is 0 Å². The average Bonchev–Trinajstić information content (AvgIpc) is 2.79. The van der Waals surface area contributed by atoms with Gasteiger partial charge in [-0.15, -0.1) is 0 Å². The summed E-state index contributed by atoms with van der Waals surface area (Å²) >= 11 is 11.8. The number of amides is 4. The van der Waals surface area contributed by atoms with Crippen LogP contribution in [0.1, 0.15) is 46.5 Å². The lowest BCUT2D eigenvalue weighted by atomic mass is 10.1. The number of hydrogen-bond donors (Lipinski definition) is 4. The zero-order valence-corrected chi connectivity index (χ0v) is 19.8. The Morgan fingerprint density at radius 2 is 1.58 bits per heavy atom. The lowest BCUT2D eigenvalue weighted by Crippen LogP contribution is -2.41. The molecule has 0 bridgehead atoms. The molecule has 4 amide bonds. The molecular weight excluding hydrogens is 467 g/mol. The Labute approximate surface area is 202 Å². The number of benzene rings is 2. The smallest absolute Gasteiger partial charge is 0.253 e. The molecule has 0 aliphatic rings. The van der Waals surface area contributed by atoms with Crippen molar-refractivity contribution in [1.29, 1.82) is 0 Å². The first kappa shape index (κ1) is 26.2. The van der Waals surface area contributed by atoms with E-state index in [-0.39, 0.29) is 42.2 Å². The number of hydrogen-bond acceptors (Lipinski definition) is 4. The van der Waals surface area contributed by atoms with Gasteiger partial charge in [-0.1, -0.05) is 42.3 Å². The zero-order valence-electron chi connectivity index (χ0n) is 18.3. The summed E-state index contributed by atoms with van der Waals surface area (Å²) in [6.45, 7) is 3.53. The van der Waals surface area contributed by atoms with E-state index in [1.54, 1.807) is 24.3 Å².